The van der Waals surface area contributed by atoms with Crippen LogP contribution in [0.4, 0.5) is 5.69 Å². The number of nitrogens with one attached hydrogen (secondary N) is 1. The summed E-state index contributed by atoms with van der Waals surface area (Å²) in [4.78, 5) is 4.60. The lowest BCUT2D eigenvalue weighted by Gasteiger charge is -2.32. The van der Waals surface area contributed by atoms with Gasteiger partial charge in [-0.15, -0.1) is 0 Å². The number of hydrogen-bond acceptors (Lipinski definition) is 3. The number of thiocarbonyl (C=S) groups is 1. The zero-order valence-electron chi connectivity index (χ0n) is 11.0. The monoisotopic (exact) mass is 263 g/mol. The van der Waals surface area contributed by atoms with Gasteiger partial charge >= 0.3 is 0 Å². The van der Waals surface area contributed by atoms with E-state index in [9.17, 15) is 0 Å². The molecule has 0 amide bonds. The van der Waals surface area contributed by atoms with Crippen LogP contribution in [0.5, 0.6) is 0 Å². The maximum absolute atomic E-state index is 5.53. The number of nitrogens with zero attached hydrogens (tertiary/aromatic N) is 1. The third-order valence-corrected chi connectivity index (χ3v) is 3.77. The molecule has 0 spiro atoms. The van der Waals surface area contributed by atoms with Crippen molar-refractivity contribution in [1.82, 2.24) is 4.98 Å². The van der Waals surface area contributed by atoms with Gasteiger partial charge in [0.15, 0.2) is 0 Å². The first-order valence-corrected chi connectivity index (χ1v) is 6.98. The fourth-order valence-corrected chi connectivity index (χ4v) is 3.05. The zero-order valence-corrected chi connectivity index (χ0v) is 11.8. The van der Waals surface area contributed by atoms with Crippen molar-refractivity contribution in [3.63, 3.8) is 0 Å². The normalized spacial score (nSPS) is 27.8. The van der Waals surface area contributed by atoms with E-state index in [1.54, 1.807) is 0 Å². The fraction of sp³-hybridized carbons (Fsp3) is 0.571. The zero-order chi connectivity index (χ0) is 13.1. The van der Waals surface area contributed by atoms with Crippen LogP contribution in [0.1, 0.15) is 38.8 Å². The summed E-state index contributed by atoms with van der Waals surface area (Å²) in [7, 11) is 0. The van der Waals surface area contributed by atoms with Crippen molar-refractivity contribution in [2.45, 2.75) is 39.2 Å². The Hall–Kier alpha value is -1.16. The van der Waals surface area contributed by atoms with E-state index in [1.807, 2.05) is 18.3 Å². The van der Waals surface area contributed by atoms with Gasteiger partial charge in [-0.05, 0) is 43.2 Å². The SMILES string of the molecule is CC1CC(C)CC(Nc2ccc(C(N)=S)nc2)C1. The summed E-state index contributed by atoms with van der Waals surface area (Å²) in [5, 5.41) is 3.56. The van der Waals surface area contributed by atoms with Crippen molar-refractivity contribution in [1.29, 1.82) is 0 Å². The molecular weight excluding hydrogens is 242 g/mol. The van der Waals surface area contributed by atoms with Gasteiger partial charge in [0.25, 0.3) is 0 Å². The molecule has 0 bridgehead atoms. The Kier molecular flexibility index (Phi) is 4.17. The molecule has 1 fully saturated rings. The Balaban J connectivity index is 1.98. The lowest BCUT2D eigenvalue weighted by molar-refractivity contribution is 0.281. The summed E-state index contributed by atoms with van der Waals surface area (Å²) in [6, 6.07) is 4.44. The molecule has 1 aromatic heterocycles. The highest BCUT2D eigenvalue weighted by molar-refractivity contribution is 7.80. The van der Waals surface area contributed by atoms with Crippen molar-refractivity contribution in [2.24, 2.45) is 17.6 Å². The second kappa shape index (κ2) is 5.65. The Labute approximate surface area is 114 Å². The minimum atomic E-state index is 0.349. The van der Waals surface area contributed by atoms with Crippen LogP contribution in [0, 0.1) is 11.8 Å². The minimum absolute atomic E-state index is 0.349. The fourth-order valence-electron chi connectivity index (χ4n) is 2.93. The third kappa shape index (κ3) is 3.42. The molecule has 0 radical (unpaired) electrons. The summed E-state index contributed by atoms with van der Waals surface area (Å²) >= 11 is 4.89. The molecule has 1 heterocycles. The summed E-state index contributed by atoms with van der Waals surface area (Å²) < 4.78 is 0. The summed E-state index contributed by atoms with van der Waals surface area (Å²) in [6.07, 6.45) is 5.64. The Morgan fingerprint density at radius 2 is 1.94 bits per heavy atom. The molecule has 1 aliphatic rings. The lowest BCUT2D eigenvalue weighted by atomic mass is 9.80. The highest BCUT2D eigenvalue weighted by Gasteiger charge is 2.23. The van der Waals surface area contributed by atoms with E-state index in [2.05, 4.69) is 24.1 Å². The molecule has 1 saturated carbocycles. The maximum Gasteiger partial charge on any atom is 0.122 e. The van der Waals surface area contributed by atoms with Crippen LogP contribution in [0.15, 0.2) is 18.3 Å². The molecular formula is C14H21N3S. The first-order chi connectivity index (χ1) is 8.54. The maximum atomic E-state index is 5.53. The van der Waals surface area contributed by atoms with E-state index in [-0.39, 0.29) is 0 Å². The number of pyridine rings is 1. The molecule has 0 saturated heterocycles. The molecule has 4 heteroatoms. The van der Waals surface area contributed by atoms with Crippen LogP contribution in [0.25, 0.3) is 0 Å². The molecule has 3 nitrogen and oxygen atoms in total. The molecule has 2 unspecified atom stereocenters. The molecule has 18 heavy (non-hydrogen) atoms. The Bertz CT molecular complexity index is 406. The number of rotatable bonds is 3. The standard InChI is InChI=1S/C14H21N3S/c1-9-5-10(2)7-12(6-9)17-11-3-4-13(14(15)18)16-8-11/h3-4,8-10,12,17H,5-7H2,1-2H3,(H2,15,18). The third-order valence-electron chi connectivity index (χ3n) is 3.57. The van der Waals surface area contributed by atoms with E-state index in [4.69, 9.17) is 18.0 Å². The number of anilines is 1. The Morgan fingerprint density at radius 3 is 2.44 bits per heavy atom. The number of aromatic nitrogens is 1. The van der Waals surface area contributed by atoms with Crippen LogP contribution in [-0.2, 0) is 0 Å². The largest absolute Gasteiger partial charge is 0.388 e. The topological polar surface area (TPSA) is 50.9 Å². The lowest BCUT2D eigenvalue weighted by Crippen LogP contribution is -2.30. The van der Waals surface area contributed by atoms with Crippen LogP contribution < -0.4 is 11.1 Å². The first-order valence-electron chi connectivity index (χ1n) is 6.57. The number of hydrogen-bond donors (Lipinski definition) is 2. The van der Waals surface area contributed by atoms with E-state index < -0.39 is 0 Å². The predicted molar refractivity (Wildman–Crippen MR) is 79.7 cm³/mol. The molecule has 2 rings (SSSR count). The molecule has 1 aromatic rings. The van der Waals surface area contributed by atoms with Gasteiger partial charge in [-0.25, -0.2) is 0 Å². The summed E-state index contributed by atoms with van der Waals surface area (Å²) in [5.41, 5.74) is 7.27. The summed E-state index contributed by atoms with van der Waals surface area (Å²) in [6.45, 7) is 4.66. The van der Waals surface area contributed by atoms with Gasteiger partial charge in [-0.1, -0.05) is 26.1 Å². The van der Waals surface area contributed by atoms with Crippen LogP contribution in [0.3, 0.4) is 0 Å². The van der Waals surface area contributed by atoms with Crippen LogP contribution >= 0.6 is 12.2 Å². The summed E-state index contributed by atoms with van der Waals surface area (Å²) in [5.74, 6) is 1.60. The Morgan fingerprint density at radius 1 is 1.28 bits per heavy atom. The predicted octanol–water partition coefficient (Wildman–Crippen LogP) is 2.95. The molecule has 3 N–H and O–H groups in total. The highest BCUT2D eigenvalue weighted by atomic mass is 32.1. The molecule has 1 aliphatic carbocycles. The number of nitrogens with two attached hydrogens (primary N) is 1. The second-order valence-corrected chi connectivity index (χ2v) is 5.99. The smallest absolute Gasteiger partial charge is 0.122 e. The van der Waals surface area contributed by atoms with E-state index in [1.165, 1.54) is 19.3 Å². The molecule has 0 aromatic carbocycles. The average Bonchev–Trinajstić information content (AvgIpc) is 2.28. The first kappa shape index (κ1) is 13.3. The van der Waals surface area contributed by atoms with Crippen molar-refractivity contribution in [2.75, 3.05) is 5.32 Å². The van der Waals surface area contributed by atoms with Crippen molar-refractivity contribution < 1.29 is 0 Å². The molecule has 0 aliphatic heterocycles. The minimum Gasteiger partial charge on any atom is -0.388 e. The van der Waals surface area contributed by atoms with Crippen molar-refractivity contribution in [3.05, 3.63) is 24.0 Å². The molecule has 98 valence electrons. The quantitative estimate of drug-likeness (QED) is 0.823. The van der Waals surface area contributed by atoms with E-state index in [0.29, 0.717) is 16.7 Å². The van der Waals surface area contributed by atoms with E-state index >= 15 is 0 Å². The van der Waals surface area contributed by atoms with E-state index in [0.717, 1.165) is 17.5 Å². The van der Waals surface area contributed by atoms with Gasteiger partial charge in [0.2, 0.25) is 0 Å². The average molecular weight is 263 g/mol. The van der Waals surface area contributed by atoms with Gasteiger partial charge in [0, 0.05) is 6.04 Å². The highest BCUT2D eigenvalue weighted by Crippen LogP contribution is 2.30. The van der Waals surface area contributed by atoms with Gasteiger partial charge in [0.05, 0.1) is 17.6 Å². The van der Waals surface area contributed by atoms with Crippen molar-refractivity contribution >= 4 is 22.9 Å². The van der Waals surface area contributed by atoms with Gasteiger partial charge in [-0.2, -0.15) is 0 Å². The molecule has 2 atom stereocenters. The van der Waals surface area contributed by atoms with Crippen molar-refractivity contribution in [3.8, 4) is 0 Å². The van der Waals surface area contributed by atoms with Gasteiger partial charge in [0.1, 0.15) is 4.99 Å². The second-order valence-electron chi connectivity index (χ2n) is 5.56. The van der Waals surface area contributed by atoms with Gasteiger partial charge < -0.3 is 11.1 Å². The van der Waals surface area contributed by atoms with Crippen LogP contribution in [-0.4, -0.2) is 16.0 Å². The van der Waals surface area contributed by atoms with Gasteiger partial charge in [-0.3, -0.25) is 4.98 Å². The van der Waals surface area contributed by atoms with Crippen LogP contribution in [0.2, 0.25) is 0 Å².